The number of carbonyl (C=O) groups excluding carboxylic acids is 1. The molecule has 1 aliphatic rings. The molecular weight excluding hydrogens is 448 g/mol. The van der Waals surface area contributed by atoms with Gasteiger partial charge in [0.2, 0.25) is 10.0 Å². The van der Waals surface area contributed by atoms with Crippen LogP contribution in [0.25, 0.3) is 0 Å². The molecule has 0 unspecified atom stereocenters. The minimum atomic E-state index is -3.69. The number of nitro benzene ring substituents is 1. The van der Waals surface area contributed by atoms with Crippen LogP contribution in [0.5, 0.6) is 5.75 Å². The van der Waals surface area contributed by atoms with Crippen LogP contribution in [0.15, 0.2) is 47.4 Å². The predicted molar refractivity (Wildman–Crippen MR) is 125 cm³/mol. The molecule has 0 aromatic heterocycles. The molecule has 0 aliphatic carbocycles. The van der Waals surface area contributed by atoms with Crippen molar-refractivity contribution in [1.82, 2.24) is 4.31 Å². The van der Waals surface area contributed by atoms with E-state index in [1.165, 1.54) is 34.6 Å². The van der Waals surface area contributed by atoms with Gasteiger partial charge < -0.3 is 15.0 Å². The topological polar surface area (TPSA) is 122 Å². The second-order valence-corrected chi connectivity index (χ2v) is 9.49. The van der Waals surface area contributed by atoms with Crippen molar-refractivity contribution in [2.24, 2.45) is 0 Å². The van der Waals surface area contributed by atoms with Gasteiger partial charge in [-0.25, -0.2) is 8.42 Å². The number of nitrogens with one attached hydrogen (secondary N) is 1. The van der Waals surface area contributed by atoms with E-state index in [2.05, 4.69) is 10.2 Å². The number of hydrogen-bond acceptors (Lipinski definition) is 7. The third-order valence-corrected chi connectivity index (χ3v) is 7.50. The highest BCUT2D eigenvalue weighted by Crippen LogP contribution is 2.32. The van der Waals surface area contributed by atoms with Crippen LogP contribution in [0.1, 0.15) is 26.7 Å². The molecule has 1 heterocycles. The Bertz CT molecular complexity index is 1090. The van der Waals surface area contributed by atoms with Crippen LogP contribution in [0.3, 0.4) is 0 Å². The normalized spacial score (nSPS) is 13.8. The minimum absolute atomic E-state index is 0.0757. The van der Waals surface area contributed by atoms with E-state index in [0.717, 1.165) is 31.6 Å². The SMILES string of the molecule is CCN(CC)S(=O)(=O)c1ccc(N2CCCC2)c(NC(=O)COc2ccc([N+](=O)[O-])cc2)c1. The number of sulfonamides is 1. The molecule has 1 fully saturated rings. The summed E-state index contributed by atoms with van der Waals surface area (Å²) in [7, 11) is -3.69. The van der Waals surface area contributed by atoms with Crippen molar-refractivity contribution < 1.29 is 22.9 Å². The van der Waals surface area contributed by atoms with Crippen molar-refractivity contribution in [3.05, 3.63) is 52.6 Å². The number of hydrogen-bond donors (Lipinski definition) is 1. The molecule has 0 spiro atoms. The Balaban J connectivity index is 1.80. The van der Waals surface area contributed by atoms with Crippen LogP contribution >= 0.6 is 0 Å². The van der Waals surface area contributed by atoms with Crippen molar-refractivity contribution in [2.45, 2.75) is 31.6 Å². The summed E-state index contributed by atoms with van der Waals surface area (Å²) in [5.74, 6) is -0.153. The van der Waals surface area contributed by atoms with E-state index >= 15 is 0 Å². The molecule has 1 amide bonds. The Kier molecular flexibility index (Phi) is 7.88. The molecule has 2 aromatic rings. The van der Waals surface area contributed by atoms with Crippen LogP contribution in [0, 0.1) is 10.1 Å². The van der Waals surface area contributed by atoms with E-state index in [9.17, 15) is 23.3 Å². The molecule has 1 N–H and O–H groups in total. The van der Waals surface area contributed by atoms with E-state index < -0.39 is 20.9 Å². The molecule has 33 heavy (non-hydrogen) atoms. The highest BCUT2D eigenvalue weighted by Gasteiger charge is 2.25. The zero-order chi connectivity index (χ0) is 24.0. The number of carbonyl (C=O) groups is 1. The summed E-state index contributed by atoms with van der Waals surface area (Å²) >= 11 is 0. The van der Waals surface area contributed by atoms with Gasteiger partial charge in [0, 0.05) is 38.3 Å². The zero-order valence-corrected chi connectivity index (χ0v) is 19.5. The van der Waals surface area contributed by atoms with Gasteiger partial charge in [-0.05, 0) is 43.2 Å². The van der Waals surface area contributed by atoms with Crippen LogP contribution in [0.2, 0.25) is 0 Å². The maximum Gasteiger partial charge on any atom is 0.269 e. The molecule has 178 valence electrons. The summed E-state index contributed by atoms with van der Waals surface area (Å²) in [6, 6.07) is 10.2. The first-order chi connectivity index (χ1) is 15.8. The first-order valence-corrected chi connectivity index (χ1v) is 12.3. The van der Waals surface area contributed by atoms with Gasteiger partial charge in [0.15, 0.2) is 6.61 Å². The van der Waals surface area contributed by atoms with Gasteiger partial charge in [0.05, 0.1) is 21.2 Å². The van der Waals surface area contributed by atoms with Crippen LogP contribution < -0.4 is 15.0 Å². The predicted octanol–water partition coefficient (Wildman–Crippen LogP) is 3.24. The van der Waals surface area contributed by atoms with Crippen LogP contribution in [-0.2, 0) is 14.8 Å². The highest BCUT2D eigenvalue weighted by atomic mass is 32.2. The average molecular weight is 477 g/mol. The molecule has 3 rings (SSSR count). The van der Waals surface area contributed by atoms with Gasteiger partial charge in [-0.15, -0.1) is 0 Å². The summed E-state index contributed by atoms with van der Waals surface area (Å²) in [6.07, 6.45) is 2.05. The summed E-state index contributed by atoms with van der Waals surface area (Å²) in [5, 5.41) is 13.5. The van der Waals surface area contributed by atoms with Gasteiger partial charge in [-0.1, -0.05) is 13.8 Å². The first-order valence-electron chi connectivity index (χ1n) is 10.8. The Labute approximate surface area is 193 Å². The van der Waals surface area contributed by atoms with Gasteiger partial charge in [0.25, 0.3) is 11.6 Å². The largest absolute Gasteiger partial charge is 0.484 e. The quantitative estimate of drug-likeness (QED) is 0.413. The number of amides is 1. The number of rotatable bonds is 10. The number of nitrogens with zero attached hydrogens (tertiary/aromatic N) is 3. The standard InChI is InChI=1S/C22H28N4O6S/c1-3-25(4-2)33(30,31)19-11-12-21(24-13-5-6-14-24)20(15-19)23-22(27)16-32-18-9-7-17(8-10-18)26(28)29/h7-12,15H,3-6,13-14,16H2,1-2H3,(H,23,27). The lowest BCUT2D eigenvalue weighted by Gasteiger charge is -2.24. The number of anilines is 2. The maximum absolute atomic E-state index is 13.0. The Morgan fingerprint density at radius 1 is 1.12 bits per heavy atom. The fourth-order valence-electron chi connectivity index (χ4n) is 3.72. The first kappa shape index (κ1) is 24.5. The molecule has 0 atom stereocenters. The van der Waals surface area contributed by atoms with E-state index in [4.69, 9.17) is 4.74 Å². The molecule has 0 saturated carbocycles. The van der Waals surface area contributed by atoms with Gasteiger partial charge in [0.1, 0.15) is 5.75 Å². The second-order valence-electron chi connectivity index (χ2n) is 7.55. The van der Waals surface area contributed by atoms with Crippen molar-refractivity contribution in [3.8, 4) is 5.75 Å². The van der Waals surface area contributed by atoms with Gasteiger partial charge in [-0.3, -0.25) is 14.9 Å². The zero-order valence-electron chi connectivity index (χ0n) is 18.7. The lowest BCUT2D eigenvalue weighted by atomic mass is 10.2. The van der Waals surface area contributed by atoms with E-state index in [1.54, 1.807) is 26.0 Å². The van der Waals surface area contributed by atoms with Crippen molar-refractivity contribution in [3.63, 3.8) is 0 Å². The second kappa shape index (κ2) is 10.6. The molecule has 1 aliphatic heterocycles. The Hall–Kier alpha value is -3.18. The highest BCUT2D eigenvalue weighted by molar-refractivity contribution is 7.89. The maximum atomic E-state index is 13.0. The summed E-state index contributed by atoms with van der Waals surface area (Å²) in [4.78, 5) is 25.1. The number of benzene rings is 2. The summed E-state index contributed by atoms with van der Waals surface area (Å²) in [6.45, 7) is 5.56. The molecule has 0 bridgehead atoms. The lowest BCUT2D eigenvalue weighted by molar-refractivity contribution is -0.384. The summed E-state index contributed by atoms with van der Waals surface area (Å²) < 4.78 is 32.8. The Morgan fingerprint density at radius 2 is 1.76 bits per heavy atom. The molecule has 11 heteroatoms. The average Bonchev–Trinajstić information content (AvgIpc) is 3.33. The van der Waals surface area contributed by atoms with Crippen molar-refractivity contribution in [1.29, 1.82) is 0 Å². The molecule has 0 radical (unpaired) electrons. The Morgan fingerprint density at radius 3 is 2.33 bits per heavy atom. The van der Waals surface area contributed by atoms with Crippen LogP contribution in [-0.4, -0.2) is 56.3 Å². The molecular formula is C22H28N4O6S. The number of nitro groups is 1. The lowest BCUT2D eigenvalue weighted by Crippen LogP contribution is -2.31. The number of ether oxygens (including phenoxy) is 1. The third kappa shape index (κ3) is 5.79. The molecule has 10 nitrogen and oxygen atoms in total. The van der Waals surface area contributed by atoms with E-state index in [0.29, 0.717) is 24.5 Å². The summed E-state index contributed by atoms with van der Waals surface area (Å²) in [5.41, 5.74) is 1.09. The number of non-ortho nitro benzene ring substituents is 1. The van der Waals surface area contributed by atoms with Gasteiger partial charge in [-0.2, -0.15) is 4.31 Å². The van der Waals surface area contributed by atoms with E-state index in [-0.39, 0.29) is 17.2 Å². The van der Waals surface area contributed by atoms with Crippen molar-refractivity contribution >= 4 is 33.0 Å². The molecule has 1 saturated heterocycles. The fraction of sp³-hybridized carbons (Fsp3) is 0.409. The third-order valence-electron chi connectivity index (χ3n) is 5.45. The fourth-order valence-corrected chi connectivity index (χ4v) is 5.21. The van der Waals surface area contributed by atoms with Crippen molar-refractivity contribution in [2.75, 3.05) is 43.0 Å². The van der Waals surface area contributed by atoms with Crippen LogP contribution in [0.4, 0.5) is 17.1 Å². The van der Waals surface area contributed by atoms with E-state index in [1.807, 2.05) is 0 Å². The van der Waals surface area contributed by atoms with Gasteiger partial charge >= 0.3 is 0 Å². The minimum Gasteiger partial charge on any atom is -0.484 e. The molecule has 2 aromatic carbocycles. The monoisotopic (exact) mass is 476 g/mol. The smallest absolute Gasteiger partial charge is 0.269 e.